The van der Waals surface area contributed by atoms with Gasteiger partial charge in [0.1, 0.15) is 0 Å². The number of amides is 1. The molecular formula is C12H18N2O2. The molecule has 0 saturated heterocycles. The summed E-state index contributed by atoms with van der Waals surface area (Å²) in [5, 5.41) is 2.84. The Hall–Kier alpha value is -1.55. The number of carbonyl (C=O) groups is 1. The Morgan fingerprint density at radius 2 is 2.31 bits per heavy atom. The number of carbonyl (C=O) groups excluding carboxylic acids is 1. The SMILES string of the molecule is COCC(C)CNC(=O)c1cccc(N)c1. The van der Waals surface area contributed by atoms with Crippen molar-refractivity contribution >= 4 is 11.6 Å². The summed E-state index contributed by atoms with van der Waals surface area (Å²) in [6, 6.07) is 6.93. The highest BCUT2D eigenvalue weighted by Crippen LogP contribution is 2.06. The second-order valence-corrected chi connectivity index (χ2v) is 3.90. The molecule has 0 radical (unpaired) electrons. The van der Waals surface area contributed by atoms with Gasteiger partial charge >= 0.3 is 0 Å². The lowest BCUT2D eigenvalue weighted by Crippen LogP contribution is -2.29. The van der Waals surface area contributed by atoms with Crippen LogP contribution in [-0.2, 0) is 4.74 Å². The standard InChI is InChI=1S/C12H18N2O2/c1-9(8-16-2)7-14-12(15)10-4-3-5-11(13)6-10/h3-6,9H,7-8,13H2,1-2H3,(H,14,15). The Morgan fingerprint density at radius 1 is 1.56 bits per heavy atom. The number of hydrogen-bond donors (Lipinski definition) is 2. The van der Waals surface area contributed by atoms with E-state index in [1.807, 2.05) is 6.92 Å². The van der Waals surface area contributed by atoms with Gasteiger partial charge in [0.05, 0.1) is 6.61 Å². The number of nitrogens with two attached hydrogens (primary N) is 1. The van der Waals surface area contributed by atoms with Crippen LogP contribution < -0.4 is 11.1 Å². The molecule has 0 saturated carbocycles. The molecule has 0 aromatic heterocycles. The molecular weight excluding hydrogens is 204 g/mol. The summed E-state index contributed by atoms with van der Waals surface area (Å²) in [6.45, 7) is 3.25. The van der Waals surface area contributed by atoms with Gasteiger partial charge in [0.25, 0.3) is 5.91 Å². The van der Waals surface area contributed by atoms with Crippen molar-refractivity contribution in [2.75, 3.05) is 26.0 Å². The first-order valence-corrected chi connectivity index (χ1v) is 5.26. The number of rotatable bonds is 5. The molecule has 0 spiro atoms. The molecule has 0 aliphatic carbocycles. The molecule has 16 heavy (non-hydrogen) atoms. The van der Waals surface area contributed by atoms with Crippen LogP contribution in [0.2, 0.25) is 0 Å². The monoisotopic (exact) mass is 222 g/mol. The van der Waals surface area contributed by atoms with Crippen LogP contribution in [-0.4, -0.2) is 26.2 Å². The first-order chi connectivity index (χ1) is 7.63. The fourth-order valence-electron chi connectivity index (χ4n) is 1.39. The molecule has 4 heteroatoms. The van der Waals surface area contributed by atoms with Crippen molar-refractivity contribution in [3.8, 4) is 0 Å². The summed E-state index contributed by atoms with van der Waals surface area (Å²) in [7, 11) is 1.65. The molecule has 1 rings (SSSR count). The summed E-state index contributed by atoms with van der Waals surface area (Å²) in [5.74, 6) is 0.199. The first-order valence-electron chi connectivity index (χ1n) is 5.26. The van der Waals surface area contributed by atoms with E-state index in [0.29, 0.717) is 30.3 Å². The average Bonchev–Trinajstić information content (AvgIpc) is 2.26. The van der Waals surface area contributed by atoms with E-state index < -0.39 is 0 Å². The molecule has 1 aromatic rings. The van der Waals surface area contributed by atoms with E-state index in [4.69, 9.17) is 10.5 Å². The fourth-order valence-corrected chi connectivity index (χ4v) is 1.39. The van der Waals surface area contributed by atoms with Crippen LogP contribution in [0.3, 0.4) is 0 Å². The second-order valence-electron chi connectivity index (χ2n) is 3.90. The maximum absolute atomic E-state index is 11.7. The number of anilines is 1. The molecule has 1 atom stereocenters. The Bertz CT molecular complexity index is 353. The summed E-state index contributed by atoms with van der Waals surface area (Å²) in [5.41, 5.74) is 6.78. The highest BCUT2D eigenvalue weighted by molar-refractivity contribution is 5.94. The third kappa shape index (κ3) is 3.90. The van der Waals surface area contributed by atoms with Gasteiger partial charge in [-0.05, 0) is 24.1 Å². The Morgan fingerprint density at radius 3 is 2.94 bits per heavy atom. The number of ether oxygens (including phenoxy) is 1. The van der Waals surface area contributed by atoms with Gasteiger partial charge in [0.15, 0.2) is 0 Å². The molecule has 88 valence electrons. The zero-order valence-electron chi connectivity index (χ0n) is 9.69. The van der Waals surface area contributed by atoms with Crippen molar-refractivity contribution in [2.45, 2.75) is 6.92 Å². The second kappa shape index (κ2) is 6.12. The lowest BCUT2D eigenvalue weighted by atomic mass is 10.1. The summed E-state index contributed by atoms with van der Waals surface area (Å²) >= 11 is 0. The van der Waals surface area contributed by atoms with Gasteiger partial charge in [-0.15, -0.1) is 0 Å². The molecule has 1 amide bonds. The van der Waals surface area contributed by atoms with Gasteiger partial charge < -0.3 is 15.8 Å². The summed E-state index contributed by atoms with van der Waals surface area (Å²) in [6.07, 6.45) is 0. The first kappa shape index (κ1) is 12.5. The van der Waals surface area contributed by atoms with E-state index in [2.05, 4.69) is 5.32 Å². The van der Waals surface area contributed by atoms with Gasteiger partial charge in [-0.1, -0.05) is 13.0 Å². The minimum atomic E-state index is -0.102. The molecule has 0 bridgehead atoms. The molecule has 3 N–H and O–H groups in total. The topological polar surface area (TPSA) is 64.3 Å². The van der Waals surface area contributed by atoms with Crippen molar-refractivity contribution in [3.63, 3.8) is 0 Å². The van der Waals surface area contributed by atoms with Gasteiger partial charge in [0, 0.05) is 24.9 Å². The van der Waals surface area contributed by atoms with E-state index in [9.17, 15) is 4.79 Å². The van der Waals surface area contributed by atoms with Crippen LogP contribution in [0.25, 0.3) is 0 Å². The Labute approximate surface area is 95.8 Å². The normalized spacial score (nSPS) is 12.1. The zero-order chi connectivity index (χ0) is 12.0. The van der Waals surface area contributed by atoms with Crippen LogP contribution in [0, 0.1) is 5.92 Å². The maximum Gasteiger partial charge on any atom is 0.251 e. The van der Waals surface area contributed by atoms with Crippen LogP contribution in [0.5, 0.6) is 0 Å². The number of methoxy groups -OCH3 is 1. The van der Waals surface area contributed by atoms with E-state index in [0.717, 1.165) is 0 Å². The molecule has 0 fully saturated rings. The number of nitrogens with one attached hydrogen (secondary N) is 1. The van der Waals surface area contributed by atoms with Crippen molar-refractivity contribution in [3.05, 3.63) is 29.8 Å². The molecule has 0 heterocycles. The van der Waals surface area contributed by atoms with Crippen LogP contribution >= 0.6 is 0 Å². The lowest BCUT2D eigenvalue weighted by molar-refractivity contribution is 0.0934. The smallest absolute Gasteiger partial charge is 0.251 e. The summed E-state index contributed by atoms with van der Waals surface area (Å²) in [4.78, 5) is 11.7. The van der Waals surface area contributed by atoms with Gasteiger partial charge in [-0.2, -0.15) is 0 Å². The highest BCUT2D eigenvalue weighted by atomic mass is 16.5. The molecule has 0 aliphatic heterocycles. The predicted octanol–water partition coefficient (Wildman–Crippen LogP) is 1.28. The number of benzene rings is 1. The molecule has 1 unspecified atom stereocenters. The fraction of sp³-hybridized carbons (Fsp3) is 0.417. The lowest BCUT2D eigenvalue weighted by Gasteiger charge is -2.11. The molecule has 1 aromatic carbocycles. The average molecular weight is 222 g/mol. The predicted molar refractivity (Wildman–Crippen MR) is 64.2 cm³/mol. The van der Waals surface area contributed by atoms with Gasteiger partial charge in [-0.3, -0.25) is 4.79 Å². The highest BCUT2D eigenvalue weighted by Gasteiger charge is 2.07. The third-order valence-corrected chi connectivity index (χ3v) is 2.21. The van der Waals surface area contributed by atoms with Gasteiger partial charge in [-0.25, -0.2) is 0 Å². The van der Waals surface area contributed by atoms with Crippen molar-refractivity contribution in [2.24, 2.45) is 5.92 Å². The van der Waals surface area contributed by atoms with Crippen molar-refractivity contribution in [1.82, 2.24) is 5.32 Å². The van der Waals surface area contributed by atoms with Crippen LogP contribution in [0.15, 0.2) is 24.3 Å². The maximum atomic E-state index is 11.7. The minimum absolute atomic E-state index is 0.102. The van der Waals surface area contributed by atoms with Crippen molar-refractivity contribution < 1.29 is 9.53 Å². The zero-order valence-corrected chi connectivity index (χ0v) is 9.69. The third-order valence-electron chi connectivity index (χ3n) is 2.21. The quantitative estimate of drug-likeness (QED) is 0.738. The van der Waals surface area contributed by atoms with Crippen molar-refractivity contribution in [1.29, 1.82) is 0 Å². The van der Waals surface area contributed by atoms with Crippen LogP contribution in [0.4, 0.5) is 5.69 Å². The number of nitrogen functional groups attached to an aromatic ring is 1. The molecule has 0 aliphatic rings. The number of hydrogen-bond acceptors (Lipinski definition) is 3. The van der Waals surface area contributed by atoms with Gasteiger partial charge in [0.2, 0.25) is 0 Å². The Balaban J connectivity index is 2.47. The van der Waals surface area contributed by atoms with Crippen LogP contribution in [0.1, 0.15) is 17.3 Å². The Kier molecular flexibility index (Phi) is 4.79. The molecule has 4 nitrogen and oxygen atoms in total. The van der Waals surface area contributed by atoms with E-state index >= 15 is 0 Å². The largest absolute Gasteiger partial charge is 0.399 e. The summed E-state index contributed by atoms with van der Waals surface area (Å²) < 4.78 is 4.99. The van der Waals surface area contributed by atoms with E-state index in [-0.39, 0.29) is 5.91 Å². The van der Waals surface area contributed by atoms with E-state index in [1.54, 1.807) is 31.4 Å². The minimum Gasteiger partial charge on any atom is -0.399 e. The van der Waals surface area contributed by atoms with E-state index in [1.165, 1.54) is 0 Å².